The lowest BCUT2D eigenvalue weighted by Gasteiger charge is -2.32. The molecule has 0 bridgehead atoms. The monoisotopic (exact) mass is 239 g/mol. The SMILES string of the molecule is CC[C@H](Cl)C(=O)N1CCC(C(F)F)CC1. The second-order valence-corrected chi connectivity index (χ2v) is 4.40. The number of amides is 1. The Hall–Kier alpha value is -0.380. The van der Waals surface area contributed by atoms with Gasteiger partial charge in [-0.3, -0.25) is 4.79 Å². The maximum absolute atomic E-state index is 12.3. The van der Waals surface area contributed by atoms with E-state index in [1.54, 1.807) is 4.90 Å². The number of hydrogen-bond acceptors (Lipinski definition) is 1. The second-order valence-electron chi connectivity index (χ2n) is 3.87. The van der Waals surface area contributed by atoms with Crippen molar-refractivity contribution in [2.45, 2.75) is 38.0 Å². The van der Waals surface area contributed by atoms with Crippen LogP contribution in [0, 0.1) is 5.92 Å². The normalized spacial score (nSPS) is 20.7. The molecule has 15 heavy (non-hydrogen) atoms. The van der Waals surface area contributed by atoms with E-state index < -0.39 is 17.7 Å². The van der Waals surface area contributed by atoms with Crippen molar-refractivity contribution in [2.75, 3.05) is 13.1 Å². The first-order chi connectivity index (χ1) is 7.06. The largest absolute Gasteiger partial charge is 0.341 e. The van der Waals surface area contributed by atoms with Gasteiger partial charge in [0.1, 0.15) is 5.38 Å². The van der Waals surface area contributed by atoms with Crippen LogP contribution >= 0.6 is 11.6 Å². The highest BCUT2D eigenvalue weighted by atomic mass is 35.5. The molecular formula is C10H16ClF2NO. The van der Waals surface area contributed by atoms with Gasteiger partial charge < -0.3 is 4.90 Å². The molecule has 88 valence electrons. The van der Waals surface area contributed by atoms with Crippen LogP contribution in [0.1, 0.15) is 26.2 Å². The Morgan fingerprint density at radius 3 is 2.40 bits per heavy atom. The maximum Gasteiger partial charge on any atom is 0.241 e. The molecule has 1 rings (SSSR count). The minimum Gasteiger partial charge on any atom is -0.341 e. The first-order valence-electron chi connectivity index (χ1n) is 5.27. The van der Waals surface area contributed by atoms with Crippen molar-refractivity contribution < 1.29 is 13.6 Å². The summed E-state index contributed by atoms with van der Waals surface area (Å²) in [5.41, 5.74) is 0. The molecule has 0 aromatic carbocycles. The minimum atomic E-state index is -2.26. The van der Waals surface area contributed by atoms with Gasteiger partial charge in [-0.1, -0.05) is 6.92 Å². The minimum absolute atomic E-state index is 0.119. The fourth-order valence-electron chi connectivity index (χ4n) is 1.74. The van der Waals surface area contributed by atoms with Gasteiger partial charge in [0.2, 0.25) is 12.3 Å². The van der Waals surface area contributed by atoms with Crippen LogP contribution in [0.15, 0.2) is 0 Å². The van der Waals surface area contributed by atoms with E-state index in [1.807, 2.05) is 6.92 Å². The molecule has 2 nitrogen and oxygen atoms in total. The summed E-state index contributed by atoms with van der Waals surface area (Å²) in [5.74, 6) is -0.670. The molecule has 0 saturated carbocycles. The lowest BCUT2D eigenvalue weighted by molar-refractivity contribution is -0.133. The average Bonchev–Trinajstić information content (AvgIpc) is 2.27. The van der Waals surface area contributed by atoms with Gasteiger partial charge in [-0.05, 0) is 19.3 Å². The highest BCUT2D eigenvalue weighted by molar-refractivity contribution is 6.30. The van der Waals surface area contributed by atoms with Crippen molar-refractivity contribution in [1.29, 1.82) is 0 Å². The van der Waals surface area contributed by atoms with Crippen LogP contribution in [0.3, 0.4) is 0 Å². The third kappa shape index (κ3) is 3.30. The van der Waals surface area contributed by atoms with Crippen molar-refractivity contribution in [3.63, 3.8) is 0 Å². The van der Waals surface area contributed by atoms with Crippen LogP contribution in [-0.4, -0.2) is 35.7 Å². The maximum atomic E-state index is 12.3. The number of alkyl halides is 3. The highest BCUT2D eigenvalue weighted by Gasteiger charge is 2.30. The standard InChI is InChI=1S/C10H16ClF2NO/c1-2-8(11)10(15)14-5-3-7(4-6-14)9(12)13/h7-9H,2-6H2,1H3/t8-/m0/s1. The Balaban J connectivity index is 2.40. The Kier molecular flexibility index (Phi) is 4.77. The van der Waals surface area contributed by atoms with Crippen LogP contribution in [0.4, 0.5) is 8.78 Å². The van der Waals surface area contributed by atoms with Gasteiger partial charge in [0.25, 0.3) is 0 Å². The molecule has 1 aliphatic heterocycles. The van der Waals surface area contributed by atoms with Crippen LogP contribution in [0.5, 0.6) is 0 Å². The molecule has 0 aromatic rings. The van der Waals surface area contributed by atoms with E-state index in [-0.39, 0.29) is 5.91 Å². The lowest BCUT2D eigenvalue weighted by atomic mass is 9.97. The summed E-state index contributed by atoms with van der Waals surface area (Å²) in [6.45, 7) is 2.66. The Labute approximate surface area is 93.6 Å². The van der Waals surface area contributed by atoms with Gasteiger partial charge in [-0.2, -0.15) is 0 Å². The summed E-state index contributed by atoms with van der Waals surface area (Å²) in [6.07, 6.45) is -0.914. The first kappa shape index (κ1) is 12.7. The van der Waals surface area contributed by atoms with Crippen LogP contribution in [-0.2, 0) is 4.79 Å². The Morgan fingerprint density at radius 2 is 2.00 bits per heavy atom. The summed E-state index contributed by atoms with van der Waals surface area (Å²) in [6, 6.07) is 0. The van der Waals surface area contributed by atoms with Crippen LogP contribution < -0.4 is 0 Å². The third-order valence-corrected chi connectivity index (χ3v) is 3.33. The topological polar surface area (TPSA) is 20.3 Å². The Morgan fingerprint density at radius 1 is 1.47 bits per heavy atom. The fourth-order valence-corrected chi connectivity index (χ4v) is 1.88. The van der Waals surface area contributed by atoms with E-state index in [0.29, 0.717) is 32.4 Å². The summed E-state index contributed by atoms with van der Waals surface area (Å²) < 4.78 is 24.7. The van der Waals surface area contributed by atoms with E-state index >= 15 is 0 Å². The molecule has 0 spiro atoms. The van der Waals surface area contributed by atoms with Gasteiger partial charge in [-0.25, -0.2) is 8.78 Å². The molecule has 1 atom stereocenters. The zero-order valence-electron chi connectivity index (χ0n) is 8.76. The van der Waals surface area contributed by atoms with Gasteiger partial charge in [0.15, 0.2) is 0 Å². The van der Waals surface area contributed by atoms with Gasteiger partial charge >= 0.3 is 0 Å². The molecule has 0 aromatic heterocycles. The van der Waals surface area contributed by atoms with Gasteiger partial charge in [0.05, 0.1) is 0 Å². The molecule has 1 saturated heterocycles. The van der Waals surface area contributed by atoms with Gasteiger partial charge in [0, 0.05) is 19.0 Å². The average molecular weight is 240 g/mol. The predicted molar refractivity (Wildman–Crippen MR) is 55.2 cm³/mol. The van der Waals surface area contributed by atoms with Gasteiger partial charge in [-0.15, -0.1) is 11.6 Å². The van der Waals surface area contributed by atoms with Crippen LogP contribution in [0.2, 0.25) is 0 Å². The molecule has 0 radical (unpaired) electrons. The summed E-state index contributed by atoms with van der Waals surface area (Å²) >= 11 is 5.81. The van der Waals surface area contributed by atoms with Crippen molar-refractivity contribution in [1.82, 2.24) is 4.90 Å². The van der Waals surface area contributed by atoms with Crippen molar-refractivity contribution in [3.8, 4) is 0 Å². The lowest BCUT2D eigenvalue weighted by Crippen LogP contribution is -2.43. The molecule has 1 amide bonds. The van der Waals surface area contributed by atoms with E-state index in [9.17, 15) is 13.6 Å². The molecule has 0 unspecified atom stereocenters. The summed E-state index contributed by atoms with van der Waals surface area (Å²) in [7, 11) is 0. The molecule has 1 heterocycles. The second kappa shape index (κ2) is 5.64. The van der Waals surface area contributed by atoms with E-state index in [1.165, 1.54) is 0 Å². The number of carbonyl (C=O) groups excluding carboxylic acids is 1. The number of halogens is 3. The first-order valence-corrected chi connectivity index (χ1v) is 5.71. The van der Waals surface area contributed by atoms with E-state index in [0.717, 1.165) is 0 Å². The van der Waals surface area contributed by atoms with Crippen molar-refractivity contribution in [2.24, 2.45) is 5.92 Å². The van der Waals surface area contributed by atoms with E-state index in [2.05, 4.69) is 0 Å². The molecule has 1 fully saturated rings. The smallest absolute Gasteiger partial charge is 0.241 e. The Bertz CT molecular complexity index is 217. The van der Waals surface area contributed by atoms with Crippen LogP contribution in [0.25, 0.3) is 0 Å². The van der Waals surface area contributed by atoms with E-state index in [4.69, 9.17) is 11.6 Å². The molecule has 0 aliphatic carbocycles. The molecular weight excluding hydrogens is 224 g/mol. The quantitative estimate of drug-likeness (QED) is 0.693. The van der Waals surface area contributed by atoms with Crippen molar-refractivity contribution >= 4 is 17.5 Å². The van der Waals surface area contributed by atoms with Crippen molar-refractivity contribution in [3.05, 3.63) is 0 Å². The number of nitrogens with zero attached hydrogens (tertiary/aromatic N) is 1. The number of carbonyl (C=O) groups is 1. The third-order valence-electron chi connectivity index (χ3n) is 2.83. The molecule has 5 heteroatoms. The fraction of sp³-hybridized carbons (Fsp3) is 0.900. The zero-order chi connectivity index (χ0) is 11.4. The molecule has 0 N–H and O–H groups in total. The zero-order valence-corrected chi connectivity index (χ0v) is 9.51. The number of piperidine rings is 1. The highest BCUT2D eigenvalue weighted by Crippen LogP contribution is 2.24. The summed E-state index contributed by atoms with van der Waals surface area (Å²) in [5, 5.41) is -0.506. The molecule has 1 aliphatic rings. The summed E-state index contributed by atoms with van der Waals surface area (Å²) in [4.78, 5) is 13.2. The number of rotatable bonds is 3. The number of likely N-dealkylation sites (tertiary alicyclic amines) is 1. The number of hydrogen-bond donors (Lipinski definition) is 0. The predicted octanol–water partition coefficient (Wildman–Crippen LogP) is 2.51.